The first-order chi connectivity index (χ1) is 6.45. The number of hydrogen-bond acceptors (Lipinski definition) is 3. The quantitative estimate of drug-likeness (QED) is 0.603. The molecular weight excluding hydrogens is 184 g/mol. The topological polar surface area (TPSA) is 83.6 Å². The number of nitrogens with zero attached hydrogens (tertiary/aromatic N) is 1. The van der Waals surface area contributed by atoms with Crippen LogP contribution in [0.4, 0.5) is 0 Å². The molecule has 0 rings (SSSR count). The molecule has 3 N–H and O–H groups in total. The first-order valence-corrected chi connectivity index (χ1v) is 4.63. The highest BCUT2D eigenvalue weighted by atomic mass is 16.4. The minimum absolute atomic E-state index is 0.195. The van der Waals surface area contributed by atoms with Crippen LogP contribution in [0.2, 0.25) is 0 Å². The van der Waals surface area contributed by atoms with Crippen molar-refractivity contribution in [2.75, 3.05) is 20.1 Å². The normalized spacial score (nSPS) is 14.6. The summed E-state index contributed by atoms with van der Waals surface area (Å²) in [6.45, 7) is 4.16. The van der Waals surface area contributed by atoms with Crippen LogP contribution in [0.25, 0.3) is 0 Å². The van der Waals surface area contributed by atoms with Crippen molar-refractivity contribution in [1.29, 1.82) is 0 Å². The molecule has 0 heterocycles. The van der Waals surface area contributed by atoms with Crippen LogP contribution >= 0.6 is 0 Å². The number of amides is 1. The number of nitrogens with two attached hydrogens (primary N) is 1. The first kappa shape index (κ1) is 12.9. The third-order valence-electron chi connectivity index (χ3n) is 2.32. The van der Waals surface area contributed by atoms with Gasteiger partial charge in [0.05, 0.1) is 0 Å². The van der Waals surface area contributed by atoms with Gasteiger partial charge in [-0.3, -0.25) is 9.59 Å². The number of hydrogen-bond donors (Lipinski definition) is 2. The van der Waals surface area contributed by atoms with Crippen LogP contribution in [-0.4, -0.2) is 42.0 Å². The number of rotatable bonds is 5. The molecule has 82 valence electrons. The van der Waals surface area contributed by atoms with Crippen molar-refractivity contribution in [3.63, 3.8) is 0 Å². The fourth-order valence-corrected chi connectivity index (χ4v) is 1.12. The van der Waals surface area contributed by atoms with Gasteiger partial charge in [-0.05, 0) is 19.4 Å². The van der Waals surface area contributed by atoms with Crippen LogP contribution in [0.5, 0.6) is 0 Å². The molecule has 2 atom stereocenters. The van der Waals surface area contributed by atoms with Gasteiger partial charge in [0.1, 0.15) is 5.92 Å². The number of carbonyl (C=O) groups is 2. The molecule has 0 radical (unpaired) electrons. The number of carbonyl (C=O) groups excluding carboxylic acids is 1. The maximum absolute atomic E-state index is 11.6. The summed E-state index contributed by atoms with van der Waals surface area (Å²) in [7, 11) is 1.58. The van der Waals surface area contributed by atoms with E-state index in [4.69, 9.17) is 10.8 Å². The van der Waals surface area contributed by atoms with Crippen LogP contribution in [0.15, 0.2) is 0 Å². The summed E-state index contributed by atoms with van der Waals surface area (Å²) in [5.74, 6) is -2.84. The number of carboxylic acids is 1. The summed E-state index contributed by atoms with van der Waals surface area (Å²) in [6, 6.07) is 0. The lowest BCUT2D eigenvalue weighted by Crippen LogP contribution is -2.42. The second-order valence-electron chi connectivity index (χ2n) is 3.38. The Morgan fingerprint density at radius 2 is 2.00 bits per heavy atom. The average Bonchev–Trinajstić information content (AvgIpc) is 2.15. The summed E-state index contributed by atoms with van der Waals surface area (Å²) in [5, 5.41) is 8.89. The molecular formula is C9H18N2O3. The third kappa shape index (κ3) is 2.99. The molecule has 0 aliphatic carbocycles. The molecule has 0 aromatic heterocycles. The minimum atomic E-state index is -1.10. The van der Waals surface area contributed by atoms with Crippen LogP contribution in [0.1, 0.15) is 13.8 Å². The third-order valence-corrected chi connectivity index (χ3v) is 2.32. The SMILES string of the molecule is CCN(C)C(=O)[C@@H](C(=O)O)C(C)CN. The van der Waals surface area contributed by atoms with E-state index in [-0.39, 0.29) is 18.4 Å². The summed E-state index contributed by atoms with van der Waals surface area (Å²) in [5.41, 5.74) is 5.36. The zero-order valence-electron chi connectivity index (χ0n) is 8.86. The molecule has 14 heavy (non-hydrogen) atoms. The summed E-state index contributed by atoms with van der Waals surface area (Å²) < 4.78 is 0. The van der Waals surface area contributed by atoms with Crippen molar-refractivity contribution in [3.05, 3.63) is 0 Å². The van der Waals surface area contributed by atoms with E-state index in [1.807, 2.05) is 0 Å². The molecule has 0 aromatic carbocycles. The van der Waals surface area contributed by atoms with E-state index in [1.165, 1.54) is 4.90 Å². The highest BCUT2D eigenvalue weighted by molar-refractivity contribution is 5.97. The van der Waals surface area contributed by atoms with Gasteiger partial charge >= 0.3 is 5.97 Å². The summed E-state index contributed by atoms with van der Waals surface area (Å²) in [4.78, 5) is 23.9. The van der Waals surface area contributed by atoms with Gasteiger partial charge < -0.3 is 15.7 Å². The van der Waals surface area contributed by atoms with Gasteiger partial charge in [0.25, 0.3) is 0 Å². The van der Waals surface area contributed by atoms with Gasteiger partial charge in [0.15, 0.2) is 0 Å². The monoisotopic (exact) mass is 202 g/mol. The van der Waals surface area contributed by atoms with Crippen LogP contribution in [0.3, 0.4) is 0 Å². The highest BCUT2D eigenvalue weighted by Crippen LogP contribution is 2.13. The minimum Gasteiger partial charge on any atom is -0.481 e. The summed E-state index contributed by atoms with van der Waals surface area (Å²) >= 11 is 0. The zero-order valence-corrected chi connectivity index (χ0v) is 8.86. The fourth-order valence-electron chi connectivity index (χ4n) is 1.12. The van der Waals surface area contributed by atoms with Gasteiger partial charge in [0.2, 0.25) is 5.91 Å². The van der Waals surface area contributed by atoms with Crippen LogP contribution in [-0.2, 0) is 9.59 Å². The van der Waals surface area contributed by atoms with Crippen LogP contribution < -0.4 is 5.73 Å². The molecule has 5 heteroatoms. The standard InChI is InChI=1S/C9H18N2O3/c1-4-11(3)8(12)7(9(13)14)6(2)5-10/h6-7H,4-5,10H2,1-3H3,(H,13,14)/t6?,7-/m0/s1. The molecule has 0 saturated carbocycles. The van der Waals surface area contributed by atoms with Gasteiger partial charge in [-0.25, -0.2) is 0 Å². The van der Waals surface area contributed by atoms with Gasteiger partial charge in [-0.2, -0.15) is 0 Å². The molecule has 0 bridgehead atoms. The molecule has 0 saturated heterocycles. The summed E-state index contributed by atoms with van der Waals surface area (Å²) in [6.07, 6.45) is 0. The van der Waals surface area contributed by atoms with E-state index >= 15 is 0 Å². The van der Waals surface area contributed by atoms with Crippen molar-refractivity contribution < 1.29 is 14.7 Å². The predicted molar refractivity (Wildman–Crippen MR) is 52.7 cm³/mol. The zero-order chi connectivity index (χ0) is 11.3. The van der Waals surface area contributed by atoms with Gasteiger partial charge in [0, 0.05) is 13.6 Å². The second kappa shape index (κ2) is 5.59. The van der Waals surface area contributed by atoms with Crippen LogP contribution in [0, 0.1) is 11.8 Å². The maximum Gasteiger partial charge on any atom is 0.316 e. The molecule has 0 aliphatic rings. The van der Waals surface area contributed by atoms with Crippen molar-refractivity contribution in [2.45, 2.75) is 13.8 Å². The Bertz CT molecular complexity index is 218. The molecule has 0 aromatic rings. The lowest BCUT2D eigenvalue weighted by Gasteiger charge is -2.23. The molecule has 0 fully saturated rings. The average molecular weight is 202 g/mol. The Hall–Kier alpha value is -1.10. The largest absolute Gasteiger partial charge is 0.481 e. The van der Waals surface area contributed by atoms with Crippen molar-refractivity contribution in [2.24, 2.45) is 17.6 Å². The Labute approximate surface area is 83.9 Å². The molecule has 1 unspecified atom stereocenters. The van der Waals surface area contributed by atoms with E-state index in [1.54, 1.807) is 20.9 Å². The lowest BCUT2D eigenvalue weighted by molar-refractivity contribution is -0.152. The Balaban J connectivity index is 4.66. The Morgan fingerprint density at radius 3 is 2.29 bits per heavy atom. The number of carboxylic acid groups (broad SMARTS) is 1. The smallest absolute Gasteiger partial charge is 0.316 e. The Morgan fingerprint density at radius 1 is 1.50 bits per heavy atom. The van der Waals surface area contributed by atoms with Crippen molar-refractivity contribution in [1.82, 2.24) is 4.90 Å². The van der Waals surface area contributed by atoms with Gasteiger partial charge in [-0.1, -0.05) is 6.92 Å². The second-order valence-corrected chi connectivity index (χ2v) is 3.38. The Kier molecular flexibility index (Phi) is 5.15. The van der Waals surface area contributed by atoms with E-state index < -0.39 is 11.9 Å². The lowest BCUT2D eigenvalue weighted by atomic mass is 9.93. The molecule has 0 aliphatic heterocycles. The molecule has 0 spiro atoms. The first-order valence-electron chi connectivity index (χ1n) is 4.63. The van der Waals surface area contributed by atoms with Crippen molar-refractivity contribution >= 4 is 11.9 Å². The predicted octanol–water partition coefficient (Wildman–Crippen LogP) is -0.240. The van der Waals surface area contributed by atoms with Gasteiger partial charge in [-0.15, -0.1) is 0 Å². The van der Waals surface area contributed by atoms with E-state index in [0.717, 1.165) is 0 Å². The number of aliphatic carboxylic acids is 1. The fraction of sp³-hybridized carbons (Fsp3) is 0.778. The van der Waals surface area contributed by atoms with E-state index in [2.05, 4.69) is 0 Å². The molecule has 5 nitrogen and oxygen atoms in total. The highest BCUT2D eigenvalue weighted by Gasteiger charge is 2.32. The maximum atomic E-state index is 11.6. The molecule has 1 amide bonds. The van der Waals surface area contributed by atoms with Crippen molar-refractivity contribution in [3.8, 4) is 0 Å². The van der Waals surface area contributed by atoms with E-state index in [0.29, 0.717) is 6.54 Å². The van der Waals surface area contributed by atoms with E-state index in [9.17, 15) is 9.59 Å².